The van der Waals surface area contributed by atoms with Crippen molar-refractivity contribution in [2.45, 2.75) is 58.9 Å². The molecule has 2 amide bonds. The van der Waals surface area contributed by atoms with Crippen LogP contribution in [0.1, 0.15) is 52.9 Å². The van der Waals surface area contributed by atoms with Gasteiger partial charge in [-0.15, -0.1) is 0 Å². The number of carbonyl (C=O) groups excluding carboxylic acids is 2. The van der Waals surface area contributed by atoms with Crippen molar-refractivity contribution in [3.63, 3.8) is 0 Å². The van der Waals surface area contributed by atoms with Crippen molar-refractivity contribution in [1.82, 2.24) is 10.2 Å². The molecule has 0 aromatic rings. The fourth-order valence-electron chi connectivity index (χ4n) is 3.61. The van der Waals surface area contributed by atoms with Crippen LogP contribution < -0.4 is 5.32 Å². The zero-order valence-electron chi connectivity index (χ0n) is 14.1. The highest BCUT2D eigenvalue weighted by Gasteiger charge is 2.32. The highest BCUT2D eigenvalue weighted by Crippen LogP contribution is 2.29. The second-order valence-electron chi connectivity index (χ2n) is 6.84. The normalized spacial score (nSPS) is 30.0. The summed E-state index contributed by atoms with van der Waals surface area (Å²) in [6.07, 6.45) is 4.96. The number of hydrogen-bond donors (Lipinski definition) is 1. The lowest BCUT2D eigenvalue weighted by atomic mass is 9.78. The third-order valence-corrected chi connectivity index (χ3v) is 5.42. The van der Waals surface area contributed by atoms with E-state index >= 15 is 0 Å². The Kier molecular flexibility index (Phi) is 6.09. The highest BCUT2D eigenvalue weighted by molar-refractivity contribution is 5.76. The number of nitrogens with one attached hydrogen (secondary N) is 1. The molecule has 1 aliphatic heterocycles. The van der Waals surface area contributed by atoms with Crippen LogP contribution in [-0.4, -0.2) is 42.6 Å². The molecule has 22 heavy (non-hydrogen) atoms. The minimum absolute atomic E-state index is 0.0354. The smallest absolute Gasteiger partial charge is 0.317 e. The Bertz CT molecular complexity index is 391. The van der Waals surface area contributed by atoms with Crippen LogP contribution in [0.5, 0.6) is 0 Å². The number of nitrogens with zero attached hydrogens (tertiary/aromatic N) is 1. The molecule has 2 rings (SSSR count). The molecule has 126 valence electrons. The van der Waals surface area contributed by atoms with Gasteiger partial charge in [-0.3, -0.25) is 4.79 Å². The molecule has 5 heteroatoms. The number of carbonyl (C=O) groups is 2. The van der Waals surface area contributed by atoms with Crippen LogP contribution in [0.3, 0.4) is 0 Å². The van der Waals surface area contributed by atoms with E-state index in [0.29, 0.717) is 50.4 Å². The summed E-state index contributed by atoms with van der Waals surface area (Å²) in [6, 6.07) is 0.326. The Morgan fingerprint density at radius 2 is 1.82 bits per heavy atom. The highest BCUT2D eigenvalue weighted by atomic mass is 16.5. The minimum Gasteiger partial charge on any atom is -0.466 e. The van der Waals surface area contributed by atoms with Gasteiger partial charge in [0.05, 0.1) is 12.5 Å². The minimum atomic E-state index is -0.114. The summed E-state index contributed by atoms with van der Waals surface area (Å²) < 4.78 is 5.07. The third kappa shape index (κ3) is 4.14. The lowest BCUT2D eigenvalue weighted by molar-refractivity contribution is -0.149. The summed E-state index contributed by atoms with van der Waals surface area (Å²) >= 11 is 0. The Morgan fingerprint density at radius 1 is 1.14 bits per heavy atom. The molecule has 1 saturated heterocycles. The molecule has 0 spiro atoms. The summed E-state index contributed by atoms with van der Waals surface area (Å²) in [5, 5.41) is 3.21. The summed E-state index contributed by atoms with van der Waals surface area (Å²) in [6.45, 7) is 8.05. The zero-order valence-corrected chi connectivity index (χ0v) is 14.1. The monoisotopic (exact) mass is 310 g/mol. The second kappa shape index (κ2) is 7.84. The molecule has 0 aromatic carbocycles. The number of likely N-dealkylation sites (tertiary alicyclic amines) is 1. The maximum Gasteiger partial charge on any atom is 0.317 e. The van der Waals surface area contributed by atoms with Crippen molar-refractivity contribution in [2.24, 2.45) is 17.8 Å². The first-order chi connectivity index (χ1) is 10.5. The lowest BCUT2D eigenvalue weighted by Crippen LogP contribution is -2.51. The molecule has 1 N–H and O–H groups in total. The summed E-state index contributed by atoms with van der Waals surface area (Å²) in [7, 11) is 0. The van der Waals surface area contributed by atoms with Crippen molar-refractivity contribution in [3.05, 3.63) is 0 Å². The van der Waals surface area contributed by atoms with Crippen LogP contribution in [0.15, 0.2) is 0 Å². The van der Waals surface area contributed by atoms with Crippen molar-refractivity contribution >= 4 is 12.0 Å². The Morgan fingerprint density at radius 3 is 2.45 bits per heavy atom. The predicted molar refractivity (Wildman–Crippen MR) is 85.4 cm³/mol. The van der Waals surface area contributed by atoms with E-state index in [4.69, 9.17) is 4.74 Å². The fraction of sp³-hybridized carbons (Fsp3) is 0.882. The average molecular weight is 310 g/mol. The first kappa shape index (κ1) is 17.1. The lowest BCUT2D eigenvalue weighted by Gasteiger charge is -2.37. The number of piperidine rings is 1. The average Bonchev–Trinajstić information content (AvgIpc) is 2.52. The van der Waals surface area contributed by atoms with Gasteiger partial charge in [-0.05, 0) is 38.0 Å². The number of amides is 2. The molecular formula is C17H30N2O3. The standard InChI is InChI=1S/C17H30N2O3/c1-4-22-16(20)14-8-10-19(11-9-14)17(21)18-15-7-5-6-12(2)13(15)3/h12-15H,4-11H2,1-3H3,(H,18,21). The summed E-state index contributed by atoms with van der Waals surface area (Å²) in [5.41, 5.74) is 0. The largest absolute Gasteiger partial charge is 0.466 e. The van der Waals surface area contributed by atoms with E-state index in [1.165, 1.54) is 12.8 Å². The van der Waals surface area contributed by atoms with Gasteiger partial charge in [0.1, 0.15) is 0 Å². The van der Waals surface area contributed by atoms with E-state index in [1.54, 1.807) is 0 Å². The van der Waals surface area contributed by atoms with E-state index in [0.717, 1.165) is 6.42 Å². The first-order valence-corrected chi connectivity index (χ1v) is 8.75. The topological polar surface area (TPSA) is 58.6 Å². The third-order valence-electron chi connectivity index (χ3n) is 5.42. The molecule has 3 atom stereocenters. The maximum absolute atomic E-state index is 12.4. The molecule has 5 nitrogen and oxygen atoms in total. The molecule has 1 heterocycles. The van der Waals surface area contributed by atoms with Gasteiger partial charge in [0.2, 0.25) is 0 Å². The van der Waals surface area contributed by atoms with E-state index in [9.17, 15) is 9.59 Å². The van der Waals surface area contributed by atoms with Gasteiger partial charge in [-0.1, -0.05) is 26.7 Å². The number of hydrogen-bond acceptors (Lipinski definition) is 3. The molecule has 0 radical (unpaired) electrons. The van der Waals surface area contributed by atoms with Gasteiger partial charge < -0.3 is 15.0 Å². The molecule has 2 aliphatic rings. The molecule has 0 bridgehead atoms. The zero-order chi connectivity index (χ0) is 16.1. The number of esters is 1. The van der Waals surface area contributed by atoms with E-state index < -0.39 is 0 Å². The second-order valence-corrected chi connectivity index (χ2v) is 6.84. The van der Waals surface area contributed by atoms with E-state index in [2.05, 4.69) is 19.2 Å². The van der Waals surface area contributed by atoms with Crippen molar-refractivity contribution in [2.75, 3.05) is 19.7 Å². The summed E-state index contributed by atoms with van der Waals surface area (Å²) in [4.78, 5) is 26.0. The Hall–Kier alpha value is -1.26. The van der Waals surface area contributed by atoms with Crippen LogP contribution in [0.4, 0.5) is 4.79 Å². The molecule has 1 saturated carbocycles. The van der Waals surface area contributed by atoms with Crippen molar-refractivity contribution in [3.8, 4) is 0 Å². The van der Waals surface area contributed by atoms with Crippen LogP contribution in [0.2, 0.25) is 0 Å². The van der Waals surface area contributed by atoms with Crippen molar-refractivity contribution < 1.29 is 14.3 Å². The SMILES string of the molecule is CCOC(=O)C1CCN(C(=O)NC2CCCC(C)C2C)CC1. The fourth-order valence-corrected chi connectivity index (χ4v) is 3.61. The van der Waals surface area contributed by atoms with E-state index in [-0.39, 0.29) is 17.9 Å². The first-order valence-electron chi connectivity index (χ1n) is 8.75. The molecule has 1 aliphatic carbocycles. The molecular weight excluding hydrogens is 280 g/mol. The van der Waals surface area contributed by atoms with E-state index in [1.807, 2.05) is 11.8 Å². The number of urea groups is 1. The molecule has 3 unspecified atom stereocenters. The van der Waals surface area contributed by atoms with Gasteiger partial charge in [0.25, 0.3) is 0 Å². The van der Waals surface area contributed by atoms with Crippen molar-refractivity contribution in [1.29, 1.82) is 0 Å². The van der Waals surface area contributed by atoms with Gasteiger partial charge in [0, 0.05) is 19.1 Å². The Balaban J connectivity index is 1.79. The summed E-state index contributed by atoms with van der Waals surface area (Å²) in [5.74, 6) is 1.05. The van der Waals surface area contributed by atoms with Crippen LogP contribution in [-0.2, 0) is 9.53 Å². The van der Waals surface area contributed by atoms with Crippen LogP contribution >= 0.6 is 0 Å². The van der Waals surface area contributed by atoms with Crippen LogP contribution in [0, 0.1) is 17.8 Å². The van der Waals surface area contributed by atoms with Gasteiger partial charge in [-0.2, -0.15) is 0 Å². The molecule has 0 aromatic heterocycles. The number of ether oxygens (including phenoxy) is 1. The quantitative estimate of drug-likeness (QED) is 0.816. The maximum atomic E-state index is 12.4. The molecule has 2 fully saturated rings. The van der Waals surface area contributed by atoms with Gasteiger partial charge >= 0.3 is 12.0 Å². The Labute approximate surface area is 133 Å². The number of rotatable bonds is 3. The van der Waals surface area contributed by atoms with Gasteiger partial charge in [-0.25, -0.2) is 4.79 Å². The predicted octanol–water partition coefficient (Wildman–Crippen LogP) is 2.80. The van der Waals surface area contributed by atoms with Gasteiger partial charge in [0.15, 0.2) is 0 Å². The van der Waals surface area contributed by atoms with Crippen LogP contribution in [0.25, 0.3) is 0 Å².